The summed E-state index contributed by atoms with van der Waals surface area (Å²) in [5, 5.41) is 6.57. The number of rotatable bonds is 5. The van der Waals surface area contributed by atoms with E-state index >= 15 is 0 Å². The second-order valence-electron chi connectivity index (χ2n) is 6.74. The Morgan fingerprint density at radius 3 is 2.52 bits per heavy atom. The summed E-state index contributed by atoms with van der Waals surface area (Å²) < 4.78 is 7.26. The molecule has 6 nitrogen and oxygen atoms in total. The van der Waals surface area contributed by atoms with Gasteiger partial charge in [0, 0.05) is 23.2 Å². The Balaban J connectivity index is 1.74. The van der Waals surface area contributed by atoms with Gasteiger partial charge in [0.25, 0.3) is 0 Å². The average molecular weight is 364 g/mol. The lowest BCUT2D eigenvalue weighted by Crippen LogP contribution is -2.24. The summed E-state index contributed by atoms with van der Waals surface area (Å²) in [6, 6.07) is 10.1. The number of benzene rings is 1. The van der Waals surface area contributed by atoms with Crippen LogP contribution in [0.3, 0.4) is 0 Å². The molecule has 0 saturated heterocycles. The van der Waals surface area contributed by atoms with Crippen LogP contribution in [-0.4, -0.2) is 20.6 Å². The van der Waals surface area contributed by atoms with E-state index in [4.69, 9.17) is 4.52 Å². The summed E-state index contributed by atoms with van der Waals surface area (Å²) in [4.78, 5) is 16.4. The zero-order valence-corrected chi connectivity index (χ0v) is 16.3. The molecule has 1 unspecified atom stereocenters. The molecule has 1 N–H and O–H groups in total. The van der Waals surface area contributed by atoms with Crippen LogP contribution in [0.1, 0.15) is 47.2 Å². The van der Waals surface area contributed by atoms with Gasteiger partial charge in [-0.3, -0.25) is 4.79 Å². The number of amides is 1. The van der Waals surface area contributed by atoms with E-state index in [1.165, 1.54) is 11.6 Å². The lowest BCUT2D eigenvalue weighted by Gasteiger charge is -2.10. The van der Waals surface area contributed by atoms with E-state index in [0.717, 1.165) is 22.6 Å². The van der Waals surface area contributed by atoms with Gasteiger partial charge in [0.05, 0.1) is 0 Å². The van der Waals surface area contributed by atoms with E-state index in [2.05, 4.69) is 64.2 Å². The summed E-state index contributed by atoms with van der Waals surface area (Å²) in [5.74, 6) is 0.732. The molecule has 1 amide bonds. The third-order valence-corrected chi connectivity index (χ3v) is 4.45. The fourth-order valence-corrected chi connectivity index (χ4v) is 3.03. The van der Waals surface area contributed by atoms with Gasteiger partial charge in [0.2, 0.25) is 11.8 Å². The topological polar surface area (TPSA) is 73.0 Å². The Kier molecular flexibility index (Phi) is 5.26. The number of hydrogen-bond acceptors (Lipinski definition) is 4. The van der Waals surface area contributed by atoms with E-state index in [1.54, 1.807) is 6.92 Å². The SMILES string of the molecule is Cc1ccc(-n2c(C)cc(/C=C/C(=O)NC(C)c3nc(C)no3)c2C)cc1. The highest BCUT2D eigenvalue weighted by atomic mass is 16.5. The molecule has 1 atom stereocenters. The first-order valence-electron chi connectivity index (χ1n) is 8.90. The third-order valence-electron chi connectivity index (χ3n) is 4.45. The molecule has 0 aliphatic heterocycles. The maximum Gasteiger partial charge on any atom is 0.248 e. The first-order chi connectivity index (χ1) is 12.8. The van der Waals surface area contributed by atoms with Gasteiger partial charge in [0.1, 0.15) is 6.04 Å². The molecular weight excluding hydrogens is 340 g/mol. The number of carbonyl (C=O) groups excluding carboxylic acids is 1. The van der Waals surface area contributed by atoms with Crippen molar-refractivity contribution < 1.29 is 9.32 Å². The number of nitrogens with zero attached hydrogens (tertiary/aromatic N) is 3. The Morgan fingerprint density at radius 2 is 1.89 bits per heavy atom. The van der Waals surface area contributed by atoms with E-state index < -0.39 is 0 Å². The second-order valence-corrected chi connectivity index (χ2v) is 6.74. The molecule has 0 aliphatic carbocycles. The maximum atomic E-state index is 12.2. The van der Waals surface area contributed by atoms with Gasteiger partial charge in [-0.15, -0.1) is 0 Å². The third kappa shape index (κ3) is 4.16. The molecular formula is C21H24N4O2. The number of nitrogens with one attached hydrogen (secondary N) is 1. The quantitative estimate of drug-likeness (QED) is 0.695. The molecule has 0 aliphatic rings. The van der Waals surface area contributed by atoms with E-state index in [0.29, 0.717) is 11.7 Å². The van der Waals surface area contributed by atoms with Crippen LogP contribution < -0.4 is 5.32 Å². The predicted molar refractivity (Wildman–Crippen MR) is 105 cm³/mol. The minimum absolute atomic E-state index is 0.210. The highest BCUT2D eigenvalue weighted by Crippen LogP contribution is 2.22. The molecule has 0 saturated carbocycles. The predicted octanol–water partition coefficient (Wildman–Crippen LogP) is 3.98. The van der Waals surface area contributed by atoms with Crippen LogP contribution in [0.4, 0.5) is 0 Å². The number of carbonyl (C=O) groups is 1. The van der Waals surface area contributed by atoms with Crippen molar-refractivity contribution in [3.05, 3.63) is 70.6 Å². The molecule has 0 fully saturated rings. The molecule has 3 rings (SSSR count). The van der Waals surface area contributed by atoms with Gasteiger partial charge in [-0.05, 0) is 64.5 Å². The zero-order valence-electron chi connectivity index (χ0n) is 16.3. The molecule has 2 heterocycles. The minimum atomic E-state index is -0.344. The van der Waals surface area contributed by atoms with E-state index in [9.17, 15) is 4.79 Å². The molecule has 0 radical (unpaired) electrons. The number of hydrogen-bond donors (Lipinski definition) is 1. The van der Waals surface area contributed by atoms with Crippen LogP contribution in [0.2, 0.25) is 0 Å². The lowest BCUT2D eigenvalue weighted by atomic mass is 10.2. The summed E-state index contributed by atoms with van der Waals surface area (Å²) >= 11 is 0. The van der Waals surface area contributed by atoms with Crippen molar-refractivity contribution in [3.8, 4) is 5.69 Å². The van der Waals surface area contributed by atoms with Crippen molar-refractivity contribution in [2.45, 2.75) is 40.7 Å². The van der Waals surface area contributed by atoms with Crippen LogP contribution in [0, 0.1) is 27.7 Å². The summed E-state index contributed by atoms with van der Waals surface area (Å²) in [7, 11) is 0. The fourth-order valence-electron chi connectivity index (χ4n) is 3.03. The summed E-state index contributed by atoms with van der Waals surface area (Å²) in [6.45, 7) is 9.73. The van der Waals surface area contributed by atoms with Crippen molar-refractivity contribution >= 4 is 12.0 Å². The van der Waals surface area contributed by atoms with Gasteiger partial charge in [-0.1, -0.05) is 22.9 Å². The van der Waals surface area contributed by atoms with Gasteiger partial charge >= 0.3 is 0 Å². The van der Waals surface area contributed by atoms with Crippen LogP contribution >= 0.6 is 0 Å². The number of aryl methyl sites for hydroxylation is 3. The van der Waals surface area contributed by atoms with Crippen LogP contribution in [0.5, 0.6) is 0 Å². The molecule has 6 heteroatoms. The molecule has 2 aromatic heterocycles. The molecule has 0 spiro atoms. The van der Waals surface area contributed by atoms with Crippen molar-refractivity contribution in [1.82, 2.24) is 20.0 Å². The molecule has 1 aromatic carbocycles. The second kappa shape index (κ2) is 7.61. The Morgan fingerprint density at radius 1 is 1.19 bits per heavy atom. The van der Waals surface area contributed by atoms with E-state index in [1.807, 2.05) is 19.9 Å². The van der Waals surface area contributed by atoms with Crippen LogP contribution in [0.25, 0.3) is 11.8 Å². The Bertz CT molecular complexity index is 980. The monoisotopic (exact) mass is 364 g/mol. The van der Waals surface area contributed by atoms with Gasteiger partial charge in [0.15, 0.2) is 5.82 Å². The standard InChI is InChI=1S/C21H24N4O2/c1-13-6-9-19(10-7-13)25-14(2)12-18(16(25)4)8-11-20(26)22-15(3)21-23-17(5)24-27-21/h6-12,15H,1-5H3,(H,22,26)/b11-8+. The van der Waals surface area contributed by atoms with Gasteiger partial charge in [-0.2, -0.15) is 4.98 Å². The van der Waals surface area contributed by atoms with Crippen molar-refractivity contribution in [3.63, 3.8) is 0 Å². The largest absolute Gasteiger partial charge is 0.341 e. The fraction of sp³-hybridized carbons (Fsp3) is 0.286. The maximum absolute atomic E-state index is 12.2. The van der Waals surface area contributed by atoms with E-state index in [-0.39, 0.29) is 11.9 Å². The summed E-state index contributed by atoms with van der Waals surface area (Å²) in [6.07, 6.45) is 3.36. The molecule has 140 valence electrons. The van der Waals surface area contributed by atoms with Crippen LogP contribution in [-0.2, 0) is 4.79 Å². The van der Waals surface area contributed by atoms with Gasteiger partial charge in [-0.25, -0.2) is 0 Å². The smallest absolute Gasteiger partial charge is 0.248 e. The van der Waals surface area contributed by atoms with Crippen molar-refractivity contribution in [2.75, 3.05) is 0 Å². The average Bonchev–Trinajstić information content (AvgIpc) is 3.17. The minimum Gasteiger partial charge on any atom is -0.341 e. The first kappa shape index (κ1) is 18.6. The number of aromatic nitrogens is 3. The van der Waals surface area contributed by atoms with Crippen LogP contribution in [0.15, 0.2) is 40.9 Å². The highest BCUT2D eigenvalue weighted by Gasteiger charge is 2.14. The van der Waals surface area contributed by atoms with Crippen molar-refractivity contribution in [1.29, 1.82) is 0 Å². The molecule has 0 bridgehead atoms. The molecule has 3 aromatic rings. The first-order valence-corrected chi connectivity index (χ1v) is 8.90. The Labute approximate surface area is 158 Å². The summed E-state index contributed by atoms with van der Waals surface area (Å²) in [5.41, 5.74) is 5.54. The lowest BCUT2D eigenvalue weighted by molar-refractivity contribution is -0.117. The Hall–Kier alpha value is -3.15. The molecule has 27 heavy (non-hydrogen) atoms. The highest BCUT2D eigenvalue weighted by molar-refractivity contribution is 5.92. The zero-order chi connectivity index (χ0) is 19.6. The van der Waals surface area contributed by atoms with Crippen molar-refractivity contribution in [2.24, 2.45) is 0 Å². The normalized spacial score (nSPS) is 12.5. The van der Waals surface area contributed by atoms with Gasteiger partial charge < -0.3 is 14.4 Å².